The normalized spacial score (nSPS) is 9.40. The van der Waals surface area contributed by atoms with Gasteiger partial charge in [-0.3, -0.25) is 14.9 Å². The summed E-state index contributed by atoms with van der Waals surface area (Å²) < 4.78 is 0. The van der Waals surface area contributed by atoms with Gasteiger partial charge < -0.3 is 5.32 Å². The topological polar surface area (TPSA) is 72.2 Å². The van der Waals surface area contributed by atoms with Gasteiger partial charge in [0.15, 0.2) is 0 Å². The molecule has 0 aromatic heterocycles. The number of hydrogen-bond acceptors (Lipinski definition) is 3. The van der Waals surface area contributed by atoms with Crippen LogP contribution in [-0.4, -0.2) is 10.8 Å². The van der Waals surface area contributed by atoms with Crippen LogP contribution >= 0.6 is 0 Å². The molecule has 1 aromatic rings. The second kappa shape index (κ2) is 4.36. The number of nitrogens with one attached hydrogen (secondary N) is 1. The van der Waals surface area contributed by atoms with E-state index in [1.807, 2.05) is 0 Å². The van der Waals surface area contributed by atoms with Crippen LogP contribution in [0.3, 0.4) is 0 Å². The largest absolute Gasteiger partial charge is 0.322 e. The Balaban J connectivity index is 2.98. The zero-order chi connectivity index (χ0) is 11.4. The van der Waals surface area contributed by atoms with Crippen molar-refractivity contribution < 1.29 is 9.72 Å². The molecule has 0 spiro atoms. The maximum absolute atomic E-state index is 11.0. The summed E-state index contributed by atoms with van der Waals surface area (Å²) in [5.74, 6) is -0.341. The van der Waals surface area contributed by atoms with Crippen molar-refractivity contribution in [1.29, 1.82) is 0 Å². The van der Waals surface area contributed by atoms with E-state index in [-0.39, 0.29) is 11.6 Å². The summed E-state index contributed by atoms with van der Waals surface area (Å²) in [5, 5.41) is 13.0. The first-order valence-electron chi connectivity index (χ1n) is 4.23. The van der Waals surface area contributed by atoms with E-state index < -0.39 is 4.92 Å². The molecule has 5 heteroatoms. The molecule has 0 radical (unpaired) electrons. The fraction of sp³-hybridized carbons (Fsp3) is 0.100. The Hall–Kier alpha value is -2.17. The molecule has 0 saturated heterocycles. The molecule has 0 bridgehead atoms. The smallest absolute Gasteiger partial charge is 0.269 e. The van der Waals surface area contributed by atoms with E-state index in [2.05, 4.69) is 11.9 Å². The van der Waals surface area contributed by atoms with Crippen LogP contribution in [-0.2, 0) is 4.79 Å². The fourth-order valence-electron chi connectivity index (χ4n) is 1.09. The third kappa shape index (κ3) is 2.63. The van der Waals surface area contributed by atoms with Gasteiger partial charge in [0.1, 0.15) is 0 Å². The minimum Gasteiger partial charge on any atom is -0.322 e. The van der Waals surface area contributed by atoms with Crippen molar-refractivity contribution in [3.05, 3.63) is 46.5 Å². The van der Waals surface area contributed by atoms with Crippen LogP contribution in [0.15, 0.2) is 30.9 Å². The molecule has 0 fully saturated rings. The zero-order valence-electron chi connectivity index (χ0n) is 8.19. The van der Waals surface area contributed by atoms with Crippen LogP contribution < -0.4 is 5.32 Å². The lowest BCUT2D eigenvalue weighted by Crippen LogP contribution is -2.08. The van der Waals surface area contributed by atoms with Crippen molar-refractivity contribution >= 4 is 17.3 Å². The molecule has 0 heterocycles. The molecule has 1 aromatic carbocycles. The molecule has 0 saturated carbocycles. The molecule has 15 heavy (non-hydrogen) atoms. The molecule has 78 valence electrons. The van der Waals surface area contributed by atoms with Crippen LogP contribution in [0.2, 0.25) is 0 Å². The molecule has 0 aliphatic carbocycles. The van der Waals surface area contributed by atoms with E-state index in [1.54, 1.807) is 6.92 Å². The van der Waals surface area contributed by atoms with E-state index in [0.717, 1.165) is 6.08 Å². The maximum Gasteiger partial charge on any atom is 0.269 e. The average molecular weight is 206 g/mol. The predicted octanol–water partition coefficient (Wildman–Crippen LogP) is 2.03. The van der Waals surface area contributed by atoms with Gasteiger partial charge in [0.2, 0.25) is 5.91 Å². The van der Waals surface area contributed by atoms with Gasteiger partial charge in [-0.25, -0.2) is 0 Å². The number of amides is 1. The molecule has 0 atom stereocenters. The Morgan fingerprint density at radius 3 is 2.73 bits per heavy atom. The Morgan fingerprint density at radius 2 is 2.27 bits per heavy atom. The van der Waals surface area contributed by atoms with Crippen molar-refractivity contribution in [2.45, 2.75) is 6.92 Å². The van der Waals surface area contributed by atoms with Gasteiger partial charge >= 0.3 is 0 Å². The number of rotatable bonds is 3. The van der Waals surface area contributed by atoms with Gasteiger partial charge in [-0.05, 0) is 24.6 Å². The number of carbonyl (C=O) groups excluding carboxylic acids is 1. The van der Waals surface area contributed by atoms with E-state index in [0.29, 0.717) is 11.3 Å². The molecule has 5 nitrogen and oxygen atoms in total. The summed E-state index contributed by atoms with van der Waals surface area (Å²) in [7, 11) is 0. The number of non-ortho nitro benzene ring substituents is 1. The number of carbonyl (C=O) groups is 1. The monoisotopic (exact) mass is 206 g/mol. The van der Waals surface area contributed by atoms with Crippen molar-refractivity contribution in [3.8, 4) is 0 Å². The van der Waals surface area contributed by atoms with Gasteiger partial charge in [-0.1, -0.05) is 6.58 Å². The van der Waals surface area contributed by atoms with Gasteiger partial charge in [0.25, 0.3) is 5.69 Å². The summed E-state index contributed by atoms with van der Waals surface area (Å²) in [6.07, 6.45) is 1.14. The summed E-state index contributed by atoms with van der Waals surface area (Å²) in [6, 6.07) is 4.24. The number of anilines is 1. The SMILES string of the molecule is C=CC(=O)Nc1ccc([N+](=O)[O-])cc1C. The summed E-state index contributed by atoms with van der Waals surface area (Å²) in [4.78, 5) is 21.0. The molecule has 1 N–H and O–H groups in total. The Morgan fingerprint density at radius 1 is 1.60 bits per heavy atom. The third-order valence-corrected chi connectivity index (χ3v) is 1.86. The predicted molar refractivity (Wildman–Crippen MR) is 56.7 cm³/mol. The first-order valence-corrected chi connectivity index (χ1v) is 4.23. The quantitative estimate of drug-likeness (QED) is 0.467. The third-order valence-electron chi connectivity index (χ3n) is 1.86. The van der Waals surface area contributed by atoms with Crippen LogP contribution in [0.4, 0.5) is 11.4 Å². The molecular formula is C10H10N2O3. The number of benzene rings is 1. The lowest BCUT2D eigenvalue weighted by molar-refractivity contribution is -0.384. The highest BCUT2D eigenvalue weighted by molar-refractivity contribution is 5.99. The minimum atomic E-state index is -0.480. The molecular weight excluding hydrogens is 196 g/mol. The Bertz CT molecular complexity index is 427. The van der Waals surface area contributed by atoms with Crippen LogP contribution in [0.25, 0.3) is 0 Å². The molecule has 0 aliphatic rings. The van der Waals surface area contributed by atoms with E-state index in [1.165, 1.54) is 18.2 Å². The number of nitrogens with zero attached hydrogens (tertiary/aromatic N) is 1. The summed E-state index contributed by atoms with van der Waals surface area (Å²) in [5.41, 5.74) is 1.19. The number of aryl methyl sites for hydroxylation is 1. The molecule has 1 amide bonds. The first kappa shape index (κ1) is 10.9. The van der Waals surface area contributed by atoms with E-state index in [4.69, 9.17) is 0 Å². The van der Waals surface area contributed by atoms with Crippen molar-refractivity contribution in [1.82, 2.24) is 0 Å². The van der Waals surface area contributed by atoms with Gasteiger partial charge in [-0.15, -0.1) is 0 Å². The van der Waals surface area contributed by atoms with Gasteiger partial charge in [0, 0.05) is 17.8 Å². The van der Waals surface area contributed by atoms with Crippen LogP contribution in [0, 0.1) is 17.0 Å². The van der Waals surface area contributed by atoms with Crippen molar-refractivity contribution in [2.24, 2.45) is 0 Å². The first-order chi connectivity index (χ1) is 7.04. The van der Waals surface area contributed by atoms with Crippen molar-refractivity contribution in [3.63, 3.8) is 0 Å². The highest BCUT2D eigenvalue weighted by Gasteiger charge is 2.08. The second-order valence-electron chi connectivity index (χ2n) is 2.95. The van der Waals surface area contributed by atoms with E-state index in [9.17, 15) is 14.9 Å². The second-order valence-corrected chi connectivity index (χ2v) is 2.95. The van der Waals surface area contributed by atoms with Crippen LogP contribution in [0.1, 0.15) is 5.56 Å². The molecule has 1 rings (SSSR count). The summed E-state index contributed by atoms with van der Waals surface area (Å²) >= 11 is 0. The van der Waals surface area contributed by atoms with Gasteiger partial charge in [0.05, 0.1) is 4.92 Å². The fourth-order valence-corrected chi connectivity index (χ4v) is 1.09. The van der Waals surface area contributed by atoms with Crippen molar-refractivity contribution in [2.75, 3.05) is 5.32 Å². The number of nitro groups is 1. The Kier molecular flexibility index (Phi) is 3.17. The lowest BCUT2D eigenvalue weighted by atomic mass is 10.2. The molecule has 0 aliphatic heterocycles. The number of hydrogen-bond donors (Lipinski definition) is 1. The number of nitro benzene ring substituents is 1. The highest BCUT2D eigenvalue weighted by atomic mass is 16.6. The highest BCUT2D eigenvalue weighted by Crippen LogP contribution is 2.20. The minimum absolute atomic E-state index is 0.00380. The zero-order valence-corrected chi connectivity index (χ0v) is 8.19. The Labute approximate surface area is 86.6 Å². The summed E-state index contributed by atoms with van der Waals surface area (Å²) in [6.45, 7) is 5.00. The van der Waals surface area contributed by atoms with Gasteiger partial charge in [-0.2, -0.15) is 0 Å². The molecule has 0 unspecified atom stereocenters. The standard InChI is InChI=1S/C10H10N2O3/c1-3-10(13)11-9-5-4-8(12(14)15)6-7(9)2/h3-6H,1H2,2H3,(H,11,13). The van der Waals surface area contributed by atoms with Crippen LogP contribution in [0.5, 0.6) is 0 Å². The lowest BCUT2D eigenvalue weighted by Gasteiger charge is -2.05. The maximum atomic E-state index is 11.0. The van der Waals surface area contributed by atoms with E-state index >= 15 is 0 Å². The average Bonchev–Trinajstić information content (AvgIpc) is 2.20.